The van der Waals surface area contributed by atoms with Gasteiger partial charge in [-0.15, -0.1) is 0 Å². The summed E-state index contributed by atoms with van der Waals surface area (Å²) in [5.41, 5.74) is 5.58. The largest absolute Gasteiger partial charge is 0.496 e. The average molecular weight is 273 g/mol. The average Bonchev–Trinajstić information content (AvgIpc) is 2.88. The van der Waals surface area contributed by atoms with Crippen LogP contribution in [0, 0.1) is 11.3 Å². The normalized spacial score (nSPS) is 25.2. The van der Waals surface area contributed by atoms with Gasteiger partial charge in [0.2, 0.25) is 0 Å². The maximum Gasteiger partial charge on any atom is 0.416 e. The fourth-order valence-electron chi connectivity index (χ4n) is 2.96. The van der Waals surface area contributed by atoms with Crippen molar-refractivity contribution in [3.05, 3.63) is 29.3 Å². The van der Waals surface area contributed by atoms with Crippen molar-refractivity contribution in [1.29, 1.82) is 0 Å². The Morgan fingerprint density at radius 1 is 1.32 bits per heavy atom. The van der Waals surface area contributed by atoms with Crippen molar-refractivity contribution >= 4 is 0 Å². The van der Waals surface area contributed by atoms with Crippen LogP contribution < -0.4 is 10.5 Å². The summed E-state index contributed by atoms with van der Waals surface area (Å²) in [4.78, 5) is 0. The van der Waals surface area contributed by atoms with Crippen LogP contribution in [0.25, 0.3) is 0 Å². The van der Waals surface area contributed by atoms with Crippen molar-refractivity contribution in [2.75, 3.05) is 13.7 Å². The van der Waals surface area contributed by atoms with E-state index in [0.717, 1.165) is 6.07 Å². The fourth-order valence-corrected chi connectivity index (χ4v) is 2.96. The molecule has 0 amide bonds. The summed E-state index contributed by atoms with van der Waals surface area (Å²) < 4.78 is 43.6. The highest BCUT2D eigenvalue weighted by molar-refractivity contribution is 5.45. The summed E-state index contributed by atoms with van der Waals surface area (Å²) in [5.74, 6) is 0.724. The van der Waals surface area contributed by atoms with Crippen molar-refractivity contribution in [1.82, 2.24) is 0 Å². The lowest BCUT2D eigenvalue weighted by Gasteiger charge is -2.13. The van der Waals surface area contributed by atoms with E-state index in [4.69, 9.17) is 10.5 Å². The van der Waals surface area contributed by atoms with Crippen LogP contribution in [-0.2, 0) is 6.18 Å². The SMILES string of the molecule is COc1ccc(C(F)(F)F)cc1C1C(CN)C1(C)C. The van der Waals surface area contributed by atoms with Crippen molar-refractivity contribution in [2.45, 2.75) is 25.9 Å². The van der Waals surface area contributed by atoms with Crippen LogP contribution in [0.1, 0.15) is 30.9 Å². The molecule has 0 aliphatic heterocycles. The summed E-state index contributed by atoms with van der Waals surface area (Å²) in [5, 5.41) is 0. The van der Waals surface area contributed by atoms with E-state index in [2.05, 4.69) is 0 Å². The Balaban J connectivity index is 2.44. The molecule has 1 saturated carbocycles. The molecule has 2 rings (SSSR count). The highest BCUT2D eigenvalue weighted by Gasteiger charge is 2.58. The molecular weight excluding hydrogens is 255 g/mol. The number of halogens is 3. The van der Waals surface area contributed by atoms with E-state index >= 15 is 0 Å². The van der Waals surface area contributed by atoms with Gasteiger partial charge in [0.25, 0.3) is 0 Å². The van der Waals surface area contributed by atoms with Crippen LogP contribution in [0.2, 0.25) is 0 Å². The first-order valence-electron chi connectivity index (χ1n) is 6.18. The topological polar surface area (TPSA) is 35.2 Å². The van der Waals surface area contributed by atoms with Gasteiger partial charge in [-0.2, -0.15) is 13.2 Å². The zero-order valence-electron chi connectivity index (χ0n) is 11.2. The highest BCUT2D eigenvalue weighted by atomic mass is 19.4. The number of nitrogens with two attached hydrogens (primary N) is 1. The zero-order chi connectivity index (χ0) is 14.4. The Morgan fingerprint density at radius 2 is 1.95 bits per heavy atom. The predicted octanol–water partition coefficient (Wildman–Crippen LogP) is 3.41. The first-order valence-corrected chi connectivity index (χ1v) is 6.18. The summed E-state index contributed by atoms with van der Waals surface area (Å²) in [6, 6.07) is 3.64. The number of rotatable bonds is 3. The third-order valence-corrected chi connectivity index (χ3v) is 4.20. The smallest absolute Gasteiger partial charge is 0.416 e. The molecule has 0 saturated heterocycles. The van der Waals surface area contributed by atoms with E-state index in [0.29, 0.717) is 17.9 Å². The molecule has 106 valence electrons. The van der Waals surface area contributed by atoms with E-state index in [1.807, 2.05) is 13.8 Å². The minimum Gasteiger partial charge on any atom is -0.496 e. The van der Waals surface area contributed by atoms with E-state index in [-0.39, 0.29) is 17.3 Å². The molecule has 1 aliphatic carbocycles. The van der Waals surface area contributed by atoms with Crippen LogP contribution in [0.5, 0.6) is 5.75 Å². The van der Waals surface area contributed by atoms with E-state index in [1.165, 1.54) is 19.2 Å². The number of ether oxygens (including phenoxy) is 1. The lowest BCUT2D eigenvalue weighted by Crippen LogP contribution is -2.07. The van der Waals surface area contributed by atoms with Crippen LogP contribution >= 0.6 is 0 Å². The number of hydrogen-bond donors (Lipinski definition) is 1. The van der Waals surface area contributed by atoms with Gasteiger partial charge < -0.3 is 10.5 Å². The standard InChI is InChI=1S/C14H18F3NO/c1-13(2)10(7-18)12(13)9-6-8(14(15,16)17)4-5-11(9)19-3/h4-6,10,12H,7,18H2,1-3H3. The van der Waals surface area contributed by atoms with Gasteiger partial charge in [0.15, 0.2) is 0 Å². The molecule has 0 bridgehead atoms. The van der Waals surface area contributed by atoms with Gasteiger partial charge in [-0.25, -0.2) is 0 Å². The van der Waals surface area contributed by atoms with Gasteiger partial charge in [-0.3, -0.25) is 0 Å². The molecule has 5 heteroatoms. The van der Waals surface area contributed by atoms with Crippen LogP contribution in [0.4, 0.5) is 13.2 Å². The van der Waals surface area contributed by atoms with Gasteiger partial charge in [0, 0.05) is 0 Å². The maximum absolute atomic E-state index is 12.8. The Kier molecular flexibility index (Phi) is 3.29. The van der Waals surface area contributed by atoms with Crippen LogP contribution in [-0.4, -0.2) is 13.7 Å². The third kappa shape index (κ3) is 2.31. The van der Waals surface area contributed by atoms with Crippen LogP contribution in [0.15, 0.2) is 18.2 Å². The molecule has 2 N–H and O–H groups in total. The lowest BCUT2D eigenvalue weighted by molar-refractivity contribution is -0.137. The maximum atomic E-state index is 12.8. The van der Waals surface area contributed by atoms with Gasteiger partial charge in [-0.1, -0.05) is 13.8 Å². The molecule has 1 fully saturated rings. The molecule has 0 heterocycles. The predicted molar refractivity (Wildman–Crippen MR) is 67.1 cm³/mol. The summed E-state index contributed by atoms with van der Waals surface area (Å²) >= 11 is 0. The van der Waals surface area contributed by atoms with Gasteiger partial charge in [0.05, 0.1) is 12.7 Å². The second-order valence-electron chi connectivity index (χ2n) is 5.60. The molecule has 2 atom stereocenters. The molecule has 1 aromatic rings. The molecule has 2 nitrogen and oxygen atoms in total. The van der Waals surface area contributed by atoms with Gasteiger partial charge >= 0.3 is 6.18 Å². The summed E-state index contributed by atoms with van der Waals surface area (Å²) in [6.45, 7) is 4.51. The van der Waals surface area contributed by atoms with Crippen LogP contribution in [0.3, 0.4) is 0 Å². The second-order valence-corrected chi connectivity index (χ2v) is 5.60. The summed E-state index contributed by atoms with van der Waals surface area (Å²) in [7, 11) is 1.47. The molecule has 1 aliphatic rings. The number of hydrogen-bond acceptors (Lipinski definition) is 2. The minimum absolute atomic E-state index is 0.0229. The zero-order valence-corrected chi connectivity index (χ0v) is 11.2. The molecule has 0 radical (unpaired) electrons. The summed E-state index contributed by atoms with van der Waals surface area (Å²) in [6.07, 6.45) is -4.34. The first-order chi connectivity index (χ1) is 8.73. The van der Waals surface area contributed by atoms with E-state index in [9.17, 15) is 13.2 Å². The molecule has 19 heavy (non-hydrogen) atoms. The van der Waals surface area contributed by atoms with Crippen molar-refractivity contribution in [3.63, 3.8) is 0 Å². The van der Waals surface area contributed by atoms with E-state index < -0.39 is 11.7 Å². The molecule has 0 spiro atoms. The number of methoxy groups -OCH3 is 1. The van der Waals surface area contributed by atoms with E-state index in [1.54, 1.807) is 0 Å². The number of benzene rings is 1. The lowest BCUT2D eigenvalue weighted by atomic mass is 10.00. The van der Waals surface area contributed by atoms with Crippen molar-refractivity contribution in [2.24, 2.45) is 17.1 Å². The third-order valence-electron chi connectivity index (χ3n) is 4.20. The van der Waals surface area contributed by atoms with Crippen molar-refractivity contribution in [3.8, 4) is 5.75 Å². The van der Waals surface area contributed by atoms with Gasteiger partial charge in [0.1, 0.15) is 5.75 Å². The fraction of sp³-hybridized carbons (Fsp3) is 0.571. The van der Waals surface area contributed by atoms with Gasteiger partial charge in [-0.05, 0) is 47.6 Å². The number of alkyl halides is 3. The van der Waals surface area contributed by atoms with Crippen molar-refractivity contribution < 1.29 is 17.9 Å². The Hall–Kier alpha value is -1.23. The Labute approximate surface area is 110 Å². The first kappa shape index (κ1) is 14.2. The highest BCUT2D eigenvalue weighted by Crippen LogP contribution is 2.65. The second kappa shape index (κ2) is 4.40. The monoisotopic (exact) mass is 273 g/mol. The molecular formula is C14H18F3NO. The molecule has 0 aromatic heterocycles. The quantitative estimate of drug-likeness (QED) is 0.916. The Morgan fingerprint density at radius 3 is 2.37 bits per heavy atom. The molecule has 2 unspecified atom stereocenters. The minimum atomic E-state index is -4.34. The molecule has 1 aromatic carbocycles. The Bertz CT molecular complexity index is 482.